The Morgan fingerprint density at radius 2 is 1.80 bits per heavy atom. The molecule has 0 saturated heterocycles. The zero-order valence-corrected chi connectivity index (χ0v) is 12.4. The van der Waals surface area contributed by atoms with Crippen molar-refractivity contribution in [2.45, 2.75) is 19.8 Å². The molecule has 1 aromatic carbocycles. The first-order chi connectivity index (χ1) is 9.76. The average Bonchev–Trinajstić information content (AvgIpc) is 2.88. The van der Waals surface area contributed by atoms with E-state index in [1.807, 2.05) is 24.3 Å². The Kier molecular flexibility index (Phi) is 5.34. The molecule has 0 unspecified atom stereocenters. The zero-order valence-electron chi connectivity index (χ0n) is 11.6. The molecule has 5 nitrogen and oxygen atoms in total. The highest BCUT2D eigenvalue weighted by Gasteiger charge is 2.10. The van der Waals surface area contributed by atoms with Gasteiger partial charge in [0.05, 0.1) is 19.4 Å². The lowest BCUT2D eigenvalue weighted by Crippen LogP contribution is -1.99. The van der Waals surface area contributed by atoms with Crippen LogP contribution in [-0.2, 0) is 24.5 Å². The molecule has 2 N–H and O–H groups in total. The third-order valence-electron chi connectivity index (χ3n) is 2.71. The second kappa shape index (κ2) is 7.23. The Hall–Kier alpha value is -1.63. The van der Waals surface area contributed by atoms with E-state index >= 15 is 0 Å². The van der Waals surface area contributed by atoms with E-state index in [1.165, 1.54) is 0 Å². The zero-order chi connectivity index (χ0) is 14.4. The van der Waals surface area contributed by atoms with Crippen LogP contribution in [0.25, 0.3) is 0 Å². The molecular weight excluding hydrogens is 276 g/mol. The molecule has 0 aliphatic rings. The number of ether oxygens (including phenoxy) is 3. The minimum atomic E-state index is 0.424. The lowest BCUT2D eigenvalue weighted by Gasteiger charge is -2.05. The lowest BCUT2D eigenvalue weighted by molar-refractivity contribution is 0.181. The van der Waals surface area contributed by atoms with Gasteiger partial charge < -0.3 is 19.9 Å². The Bertz CT molecular complexity index is 540. The van der Waals surface area contributed by atoms with Gasteiger partial charge in [0.15, 0.2) is 0 Å². The number of hydrogen-bond acceptors (Lipinski definition) is 6. The molecule has 2 rings (SSSR count). The van der Waals surface area contributed by atoms with E-state index in [0.717, 1.165) is 27.1 Å². The third-order valence-corrected chi connectivity index (χ3v) is 3.80. The van der Waals surface area contributed by atoms with Crippen LogP contribution in [0.4, 0.5) is 0 Å². The third kappa shape index (κ3) is 3.69. The van der Waals surface area contributed by atoms with Crippen LogP contribution >= 0.6 is 11.3 Å². The summed E-state index contributed by atoms with van der Waals surface area (Å²) < 4.78 is 15.9. The monoisotopic (exact) mass is 294 g/mol. The molecule has 0 aliphatic heterocycles. The smallest absolute Gasteiger partial charge is 0.140 e. The maximum absolute atomic E-state index is 5.69. The van der Waals surface area contributed by atoms with Crippen molar-refractivity contribution >= 4 is 11.3 Å². The van der Waals surface area contributed by atoms with E-state index in [9.17, 15) is 0 Å². The summed E-state index contributed by atoms with van der Waals surface area (Å²) in [4.78, 5) is 5.53. The minimum Gasteiger partial charge on any atom is -0.497 e. The standard InChI is InChI=1S/C14H18N2O3S/c1-17-8-12-13(7-15)20-14(16-12)9-19-11-5-3-10(18-2)4-6-11/h3-6H,7-9,15H2,1-2H3. The summed E-state index contributed by atoms with van der Waals surface area (Å²) in [6.07, 6.45) is 0. The fourth-order valence-corrected chi connectivity index (χ4v) is 2.59. The van der Waals surface area contributed by atoms with E-state index in [4.69, 9.17) is 19.9 Å². The molecule has 1 aromatic heterocycles. The highest BCUT2D eigenvalue weighted by atomic mass is 32.1. The van der Waals surface area contributed by atoms with Crippen molar-refractivity contribution in [3.05, 3.63) is 39.8 Å². The van der Waals surface area contributed by atoms with Gasteiger partial charge in [-0.3, -0.25) is 0 Å². The van der Waals surface area contributed by atoms with Crippen LogP contribution in [0.5, 0.6) is 11.5 Å². The highest BCUT2D eigenvalue weighted by molar-refractivity contribution is 7.11. The van der Waals surface area contributed by atoms with E-state index in [1.54, 1.807) is 25.6 Å². The topological polar surface area (TPSA) is 66.6 Å². The molecule has 2 aromatic rings. The highest BCUT2D eigenvalue weighted by Crippen LogP contribution is 2.22. The first-order valence-corrected chi connectivity index (χ1v) is 7.01. The van der Waals surface area contributed by atoms with Gasteiger partial charge in [-0.2, -0.15) is 0 Å². The first kappa shape index (κ1) is 14.8. The van der Waals surface area contributed by atoms with Crippen molar-refractivity contribution < 1.29 is 14.2 Å². The van der Waals surface area contributed by atoms with Crippen LogP contribution in [0.15, 0.2) is 24.3 Å². The van der Waals surface area contributed by atoms with Gasteiger partial charge in [0.1, 0.15) is 23.1 Å². The summed E-state index contributed by atoms with van der Waals surface area (Å²) in [5.74, 6) is 1.59. The molecule has 1 heterocycles. The van der Waals surface area contributed by atoms with Gasteiger partial charge in [-0.1, -0.05) is 0 Å². The fourth-order valence-electron chi connectivity index (χ4n) is 1.72. The quantitative estimate of drug-likeness (QED) is 0.849. The molecular formula is C14H18N2O3S. The predicted molar refractivity (Wildman–Crippen MR) is 78.0 cm³/mol. The van der Waals surface area contributed by atoms with Gasteiger partial charge in [0.2, 0.25) is 0 Å². The number of rotatable bonds is 7. The van der Waals surface area contributed by atoms with Crippen molar-refractivity contribution in [1.29, 1.82) is 0 Å². The largest absolute Gasteiger partial charge is 0.497 e. The summed E-state index contributed by atoms with van der Waals surface area (Å²) in [6.45, 7) is 1.37. The molecule has 0 bridgehead atoms. The molecule has 0 radical (unpaired) electrons. The molecule has 0 fully saturated rings. The molecule has 0 saturated carbocycles. The molecule has 0 amide bonds. The summed E-state index contributed by atoms with van der Waals surface area (Å²) >= 11 is 1.56. The minimum absolute atomic E-state index is 0.424. The van der Waals surface area contributed by atoms with Gasteiger partial charge in [0.25, 0.3) is 0 Å². The lowest BCUT2D eigenvalue weighted by atomic mass is 10.3. The van der Waals surface area contributed by atoms with Crippen LogP contribution in [0.2, 0.25) is 0 Å². The van der Waals surface area contributed by atoms with Gasteiger partial charge in [-0.25, -0.2) is 4.98 Å². The summed E-state index contributed by atoms with van der Waals surface area (Å²) in [5, 5.41) is 0.897. The normalized spacial score (nSPS) is 10.6. The van der Waals surface area contributed by atoms with Crippen molar-refractivity contribution in [1.82, 2.24) is 4.98 Å². The Balaban J connectivity index is 1.99. The van der Waals surface area contributed by atoms with Crippen LogP contribution in [0, 0.1) is 0 Å². The summed E-state index contributed by atoms with van der Waals surface area (Å²) in [6, 6.07) is 7.45. The number of hydrogen-bond donors (Lipinski definition) is 1. The van der Waals surface area contributed by atoms with Gasteiger partial charge in [-0.15, -0.1) is 11.3 Å². The number of nitrogens with zero attached hydrogens (tertiary/aromatic N) is 1. The number of methoxy groups -OCH3 is 2. The molecule has 6 heteroatoms. The van der Waals surface area contributed by atoms with Gasteiger partial charge >= 0.3 is 0 Å². The van der Waals surface area contributed by atoms with Crippen molar-refractivity contribution in [2.75, 3.05) is 14.2 Å². The number of thiazole rings is 1. The number of benzene rings is 1. The number of nitrogens with two attached hydrogens (primary N) is 1. The van der Waals surface area contributed by atoms with E-state index < -0.39 is 0 Å². The predicted octanol–water partition coefficient (Wildman–Crippen LogP) is 2.34. The van der Waals surface area contributed by atoms with Gasteiger partial charge in [-0.05, 0) is 24.3 Å². The maximum Gasteiger partial charge on any atom is 0.140 e. The van der Waals surface area contributed by atoms with Crippen LogP contribution < -0.4 is 15.2 Å². The SMILES string of the molecule is COCc1nc(COc2ccc(OC)cc2)sc1CN. The molecule has 20 heavy (non-hydrogen) atoms. The van der Waals surface area contributed by atoms with E-state index in [0.29, 0.717) is 19.8 Å². The molecule has 108 valence electrons. The molecule has 0 atom stereocenters. The van der Waals surface area contributed by atoms with Gasteiger partial charge in [0, 0.05) is 18.5 Å². The molecule has 0 spiro atoms. The number of aromatic nitrogens is 1. The fraction of sp³-hybridized carbons (Fsp3) is 0.357. The van der Waals surface area contributed by atoms with Crippen LogP contribution in [0.3, 0.4) is 0 Å². The Morgan fingerprint density at radius 1 is 1.10 bits per heavy atom. The second-order valence-electron chi connectivity index (χ2n) is 4.08. The first-order valence-electron chi connectivity index (χ1n) is 6.20. The van der Waals surface area contributed by atoms with Crippen LogP contribution in [-0.4, -0.2) is 19.2 Å². The Labute approximate surface area is 122 Å². The van der Waals surface area contributed by atoms with E-state index in [2.05, 4.69) is 4.98 Å². The van der Waals surface area contributed by atoms with Crippen LogP contribution in [0.1, 0.15) is 15.6 Å². The van der Waals surface area contributed by atoms with Crippen molar-refractivity contribution in [3.63, 3.8) is 0 Å². The van der Waals surface area contributed by atoms with Crippen molar-refractivity contribution in [3.8, 4) is 11.5 Å². The maximum atomic E-state index is 5.69. The Morgan fingerprint density at radius 3 is 2.40 bits per heavy atom. The average molecular weight is 294 g/mol. The molecule has 0 aliphatic carbocycles. The van der Waals surface area contributed by atoms with Crippen molar-refractivity contribution in [2.24, 2.45) is 5.73 Å². The summed E-state index contributed by atoms with van der Waals surface area (Å²) in [7, 11) is 3.28. The van der Waals surface area contributed by atoms with E-state index in [-0.39, 0.29) is 0 Å². The second-order valence-corrected chi connectivity index (χ2v) is 5.25. The summed E-state index contributed by atoms with van der Waals surface area (Å²) in [5.41, 5.74) is 6.59.